The fraction of sp³-hybridized carbons (Fsp3) is 0.310. The van der Waals surface area contributed by atoms with E-state index in [-0.39, 0.29) is 11.2 Å². The summed E-state index contributed by atoms with van der Waals surface area (Å²) in [6.07, 6.45) is 6.99. The molecule has 2 aromatic carbocycles. The second kappa shape index (κ2) is 9.26. The van der Waals surface area contributed by atoms with Gasteiger partial charge in [-0.2, -0.15) is 5.26 Å². The van der Waals surface area contributed by atoms with Gasteiger partial charge in [-0.15, -0.1) is 11.3 Å². The van der Waals surface area contributed by atoms with Crippen LogP contribution in [-0.4, -0.2) is 10.8 Å². The van der Waals surface area contributed by atoms with Crippen molar-refractivity contribution in [2.75, 3.05) is 0 Å². The Balaban J connectivity index is 1.49. The number of aliphatic imine (C=N–C) groups is 1. The first-order valence-electron chi connectivity index (χ1n) is 11.8. The van der Waals surface area contributed by atoms with E-state index in [9.17, 15) is 9.65 Å². The van der Waals surface area contributed by atoms with Crippen molar-refractivity contribution in [1.29, 1.82) is 5.26 Å². The standard InChI is InChI=1S/C29H27ClFN3S/c1-29(2,3)20-9-11-23-24(14-32)28(35-27(23)12-20)33-15-19-17-34(26-7-5-4-6-22(19)26)16-18-8-10-21(31)13-25(18)30/h4-8,10,13,15,17,20H,9,11-12,16H2,1-3H3/t20-/m0/s1. The normalized spacial score (nSPS) is 16.1. The lowest BCUT2D eigenvalue weighted by Crippen LogP contribution is -2.26. The summed E-state index contributed by atoms with van der Waals surface area (Å²) >= 11 is 7.95. The zero-order chi connectivity index (χ0) is 24.7. The Hall–Kier alpha value is -2.94. The number of halogens is 2. The van der Waals surface area contributed by atoms with E-state index in [2.05, 4.69) is 43.5 Å². The molecule has 1 aliphatic carbocycles. The third-order valence-electron chi connectivity index (χ3n) is 7.08. The number of benzene rings is 2. The maximum absolute atomic E-state index is 13.5. The van der Waals surface area contributed by atoms with Gasteiger partial charge in [0.25, 0.3) is 0 Å². The molecule has 0 saturated heterocycles. The molecule has 0 bridgehead atoms. The van der Waals surface area contributed by atoms with Crippen LogP contribution in [0.5, 0.6) is 0 Å². The molecule has 2 heterocycles. The van der Waals surface area contributed by atoms with Crippen LogP contribution in [0.15, 0.2) is 53.7 Å². The second-order valence-corrected chi connectivity index (χ2v) is 11.8. The average Bonchev–Trinajstić information content (AvgIpc) is 3.36. The smallest absolute Gasteiger partial charge is 0.134 e. The van der Waals surface area contributed by atoms with Crippen molar-refractivity contribution in [3.8, 4) is 6.07 Å². The molecule has 1 aliphatic rings. The predicted octanol–water partition coefficient (Wildman–Crippen LogP) is 8.32. The number of para-hydroxylation sites is 1. The maximum atomic E-state index is 13.5. The zero-order valence-electron chi connectivity index (χ0n) is 20.1. The van der Waals surface area contributed by atoms with Crippen LogP contribution in [0.25, 0.3) is 10.9 Å². The minimum Gasteiger partial charge on any atom is -0.342 e. The monoisotopic (exact) mass is 503 g/mol. The van der Waals surface area contributed by atoms with Crippen molar-refractivity contribution in [3.05, 3.63) is 86.6 Å². The number of aromatic nitrogens is 1. The highest BCUT2D eigenvalue weighted by molar-refractivity contribution is 7.16. The van der Waals surface area contributed by atoms with Gasteiger partial charge in [0.15, 0.2) is 0 Å². The highest BCUT2D eigenvalue weighted by Gasteiger charge is 2.32. The number of hydrogen-bond acceptors (Lipinski definition) is 3. The van der Waals surface area contributed by atoms with E-state index in [1.54, 1.807) is 17.4 Å². The molecule has 0 amide bonds. The number of nitrogens with zero attached hydrogens (tertiary/aromatic N) is 3. The van der Waals surface area contributed by atoms with Crippen molar-refractivity contribution in [1.82, 2.24) is 4.57 Å². The van der Waals surface area contributed by atoms with Gasteiger partial charge in [0, 0.05) is 45.3 Å². The number of hydrogen-bond donors (Lipinski definition) is 0. The minimum atomic E-state index is -0.343. The number of fused-ring (bicyclic) bond motifs is 2. The van der Waals surface area contributed by atoms with E-state index in [1.165, 1.54) is 22.6 Å². The molecule has 3 nitrogen and oxygen atoms in total. The molecule has 4 aromatic rings. The summed E-state index contributed by atoms with van der Waals surface area (Å²) < 4.78 is 15.6. The van der Waals surface area contributed by atoms with Gasteiger partial charge >= 0.3 is 0 Å². The summed E-state index contributed by atoms with van der Waals surface area (Å²) in [4.78, 5) is 6.13. The Morgan fingerprint density at radius 3 is 2.80 bits per heavy atom. The van der Waals surface area contributed by atoms with Gasteiger partial charge in [0.1, 0.15) is 16.9 Å². The van der Waals surface area contributed by atoms with Gasteiger partial charge in [-0.1, -0.05) is 56.6 Å². The molecule has 1 atom stereocenters. The van der Waals surface area contributed by atoms with Gasteiger partial charge in [0.2, 0.25) is 0 Å². The lowest BCUT2D eigenvalue weighted by atomic mass is 9.72. The Bertz CT molecular complexity index is 1480. The van der Waals surface area contributed by atoms with E-state index in [4.69, 9.17) is 16.6 Å². The van der Waals surface area contributed by atoms with Gasteiger partial charge in [0.05, 0.1) is 5.56 Å². The Labute approximate surface area is 214 Å². The van der Waals surface area contributed by atoms with Crippen molar-refractivity contribution < 1.29 is 4.39 Å². The first-order valence-corrected chi connectivity index (χ1v) is 13.0. The molecule has 0 aliphatic heterocycles. The van der Waals surface area contributed by atoms with Crippen LogP contribution >= 0.6 is 22.9 Å². The quantitative estimate of drug-likeness (QED) is 0.258. The van der Waals surface area contributed by atoms with Crippen molar-refractivity contribution >= 4 is 45.1 Å². The van der Waals surface area contributed by atoms with E-state index < -0.39 is 0 Å². The molecular weight excluding hydrogens is 477 g/mol. The van der Waals surface area contributed by atoms with Gasteiger partial charge in [-0.3, -0.25) is 0 Å². The SMILES string of the molecule is CC(C)(C)[C@H]1CCc2c(sc(N=Cc3cn(Cc4ccc(F)cc4Cl)c4ccccc34)c2C#N)C1. The van der Waals surface area contributed by atoms with Gasteiger partial charge in [-0.05, 0) is 59.9 Å². The lowest BCUT2D eigenvalue weighted by molar-refractivity contribution is 0.218. The summed E-state index contributed by atoms with van der Waals surface area (Å²) in [5.41, 5.74) is 5.06. The molecule has 0 unspecified atom stereocenters. The van der Waals surface area contributed by atoms with E-state index in [0.717, 1.165) is 51.9 Å². The number of thiophene rings is 1. The van der Waals surface area contributed by atoms with Gasteiger partial charge in [-0.25, -0.2) is 9.38 Å². The van der Waals surface area contributed by atoms with Crippen molar-refractivity contribution in [3.63, 3.8) is 0 Å². The molecular formula is C29H27ClFN3S. The molecule has 5 rings (SSSR count). The molecule has 0 N–H and O–H groups in total. The van der Waals surface area contributed by atoms with E-state index in [1.807, 2.05) is 24.5 Å². The first-order chi connectivity index (χ1) is 16.7. The van der Waals surface area contributed by atoms with Crippen molar-refractivity contribution in [2.45, 2.75) is 46.6 Å². The molecule has 0 saturated carbocycles. The molecule has 0 fully saturated rings. The number of nitriles is 1. The lowest BCUT2D eigenvalue weighted by Gasteiger charge is -2.33. The molecule has 0 radical (unpaired) electrons. The Morgan fingerprint density at radius 1 is 1.26 bits per heavy atom. The fourth-order valence-corrected chi connectivity index (χ4v) is 6.44. The van der Waals surface area contributed by atoms with E-state index in [0.29, 0.717) is 17.5 Å². The summed E-state index contributed by atoms with van der Waals surface area (Å²) in [7, 11) is 0. The van der Waals surface area contributed by atoms with Gasteiger partial charge < -0.3 is 4.57 Å². The summed E-state index contributed by atoms with van der Waals surface area (Å²) in [6, 6.07) is 15.1. The zero-order valence-corrected chi connectivity index (χ0v) is 21.7. The highest BCUT2D eigenvalue weighted by Crippen LogP contribution is 2.45. The average molecular weight is 504 g/mol. The summed E-state index contributed by atoms with van der Waals surface area (Å²) in [5.74, 6) is 0.276. The largest absolute Gasteiger partial charge is 0.342 e. The molecule has 6 heteroatoms. The van der Waals surface area contributed by atoms with Crippen molar-refractivity contribution in [2.24, 2.45) is 16.3 Å². The third kappa shape index (κ3) is 4.66. The predicted molar refractivity (Wildman–Crippen MR) is 144 cm³/mol. The molecule has 35 heavy (non-hydrogen) atoms. The summed E-state index contributed by atoms with van der Waals surface area (Å²) in [5, 5.41) is 12.2. The highest BCUT2D eigenvalue weighted by atomic mass is 35.5. The van der Waals surface area contributed by atoms with Crippen LogP contribution in [-0.2, 0) is 19.4 Å². The fourth-order valence-electron chi connectivity index (χ4n) is 4.99. The van der Waals surface area contributed by atoms with Crippen LogP contribution in [0.3, 0.4) is 0 Å². The Kier molecular flexibility index (Phi) is 6.29. The second-order valence-electron chi connectivity index (χ2n) is 10.3. The minimum absolute atomic E-state index is 0.257. The third-order valence-corrected chi connectivity index (χ3v) is 8.59. The maximum Gasteiger partial charge on any atom is 0.134 e. The topological polar surface area (TPSA) is 41.1 Å². The first kappa shape index (κ1) is 23.8. The van der Waals surface area contributed by atoms with Crippen LogP contribution in [0.1, 0.15) is 54.3 Å². The molecule has 178 valence electrons. The van der Waals surface area contributed by atoms with Crippen LogP contribution < -0.4 is 0 Å². The van der Waals surface area contributed by atoms with Crippen LogP contribution in [0.4, 0.5) is 9.39 Å². The summed E-state index contributed by atoms with van der Waals surface area (Å²) in [6.45, 7) is 7.43. The van der Waals surface area contributed by atoms with Crippen LogP contribution in [0.2, 0.25) is 5.02 Å². The van der Waals surface area contributed by atoms with E-state index >= 15 is 0 Å². The Morgan fingerprint density at radius 2 is 2.06 bits per heavy atom. The van der Waals surface area contributed by atoms with Crippen LogP contribution in [0, 0.1) is 28.5 Å². The molecule has 2 aromatic heterocycles. The molecule has 0 spiro atoms. The number of rotatable bonds is 4.